The van der Waals surface area contributed by atoms with E-state index in [1.54, 1.807) is 17.5 Å². The summed E-state index contributed by atoms with van der Waals surface area (Å²) in [4.78, 5) is 15.9. The van der Waals surface area contributed by atoms with Gasteiger partial charge in [-0.1, -0.05) is 13.8 Å². The third-order valence-electron chi connectivity index (χ3n) is 2.76. The monoisotopic (exact) mass is 269 g/mol. The largest absolute Gasteiger partial charge is 0.356 e. The van der Waals surface area contributed by atoms with Crippen LogP contribution >= 0.6 is 11.3 Å². The summed E-state index contributed by atoms with van der Waals surface area (Å²) in [5, 5.41) is 5.94. The summed E-state index contributed by atoms with van der Waals surface area (Å²) in [6.07, 6.45) is 4.14. The van der Waals surface area contributed by atoms with Crippen molar-refractivity contribution >= 4 is 17.2 Å². The first-order valence-electron chi connectivity index (χ1n) is 6.47. The summed E-state index contributed by atoms with van der Waals surface area (Å²) in [6.45, 7) is 5.55. The zero-order chi connectivity index (χ0) is 13.4. The molecular formula is C13H23N3OS. The molecule has 1 amide bonds. The van der Waals surface area contributed by atoms with Crippen LogP contribution in [0.3, 0.4) is 0 Å². The number of carbonyl (C=O) groups is 1. The topological polar surface area (TPSA) is 68.0 Å². The van der Waals surface area contributed by atoms with Crippen molar-refractivity contribution in [3.05, 3.63) is 16.6 Å². The minimum Gasteiger partial charge on any atom is -0.356 e. The summed E-state index contributed by atoms with van der Waals surface area (Å²) in [7, 11) is 0. The summed E-state index contributed by atoms with van der Waals surface area (Å²) < 4.78 is 0. The number of nitrogens with one attached hydrogen (secondary N) is 1. The van der Waals surface area contributed by atoms with E-state index in [1.165, 1.54) is 0 Å². The van der Waals surface area contributed by atoms with Gasteiger partial charge in [0.15, 0.2) is 0 Å². The summed E-state index contributed by atoms with van der Waals surface area (Å²) in [6, 6.07) is 0. The SMILES string of the molecule is CC(C)CC(CN)CC(=O)NCCc1nccs1. The molecule has 0 saturated heterocycles. The first kappa shape index (κ1) is 15.1. The Kier molecular flexibility index (Phi) is 6.90. The fraction of sp³-hybridized carbons (Fsp3) is 0.692. The molecule has 18 heavy (non-hydrogen) atoms. The van der Waals surface area contributed by atoms with Crippen LogP contribution in [-0.4, -0.2) is 24.0 Å². The van der Waals surface area contributed by atoms with Crippen molar-refractivity contribution in [3.63, 3.8) is 0 Å². The number of hydrogen-bond acceptors (Lipinski definition) is 4. The van der Waals surface area contributed by atoms with Gasteiger partial charge in [0.1, 0.15) is 0 Å². The summed E-state index contributed by atoms with van der Waals surface area (Å²) in [5.41, 5.74) is 5.69. The van der Waals surface area contributed by atoms with Crippen molar-refractivity contribution < 1.29 is 4.79 Å². The molecule has 1 aromatic heterocycles. The number of hydrogen-bond donors (Lipinski definition) is 2. The Bertz CT molecular complexity index is 338. The molecule has 1 aromatic rings. The van der Waals surface area contributed by atoms with Crippen molar-refractivity contribution in [2.45, 2.75) is 33.1 Å². The van der Waals surface area contributed by atoms with E-state index in [2.05, 4.69) is 24.1 Å². The predicted molar refractivity (Wildman–Crippen MR) is 75.4 cm³/mol. The standard InChI is InChI=1S/C13H23N3OS/c1-10(2)7-11(9-14)8-12(17)15-4-3-13-16-5-6-18-13/h5-6,10-11H,3-4,7-9,14H2,1-2H3,(H,15,17). The van der Waals surface area contributed by atoms with Crippen molar-refractivity contribution in [2.75, 3.05) is 13.1 Å². The molecule has 0 fully saturated rings. The highest BCUT2D eigenvalue weighted by molar-refractivity contribution is 7.09. The molecule has 0 saturated carbocycles. The third-order valence-corrected chi connectivity index (χ3v) is 3.60. The molecule has 0 aromatic carbocycles. The van der Waals surface area contributed by atoms with E-state index in [0.29, 0.717) is 31.3 Å². The molecule has 5 heteroatoms. The maximum Gasteiger partial charge on any atom is 0.220 e. The predicted octanol–water partition coefficient (Wildman–Crippen LogP) is 1.81. The first-order chi connectivity index (χ1) is 8.61. The second-order valence-electron chi connectivity index (χ2n) is 4.96. The number of thiazole rings is 1. The van der Waals surface area contributed by atoms with Crippen LogP contribution in [-0.2, 0) is 11.2 Å². The Morgan fingerprint density at radius 1 is 1.56 bits per heavy atom. The highest BCUT2D eigenvalue weighted by Gasteiger charge is 2.13. The van der Waals surface area contributed by atoms with Crippen LogP contribution in [0.5, 0.6) is 0 Å². The minimum absolute atomic E-state index is 0.0997. The van der Waals surface area contributed by atoms with E-state index in [0.717, 1.165) is 17.8 Å². The fourth-order valence-corrected chi connectivity index (χ4v) is 2.57. The molecule has 1 rings (SSSR count). The Labute approximate surface area is 113 Å². The Balaban J connectivity index is 2.19. The van der Waals surface area contributed by atoms with Gasteiger partial charge < -0.3 is 11.1 Å². The van der Waals surface area contributed by atoms with E-state index >= 15 is 0 Å². The van der Waals surface area contributed by atoms with Crippen molar-refractivity contribution in [1.82, 2.24) is 10.3 Å². The highest BCUT2D eigenvalue weighted by atomic mass is 32.1. The molecule has 0 aliphatic rings. The molecule has 1 unspecified atom stereocenters. The van der Waals surface area contributed by atoms with Crippen molar-refractivity contribution in [2.24, 2.45) is 17.6 Å². The van der Waals surface area contributed by atoms with Crippen LogP contribution in [0.15, 0.2) is 11.6 Å². The van der Waals surface area contributed by atoms with Gasteiger partial charge in [-0.3, -0.25) is 4.79 Å². The Morgan fingerprint density at radius 2 is 2.33 bits per heavy atom. The molecule has 102 valence electrons. The fourth-order valence-electron chi connectivity index (χ4n) is 1.95. The lowest BCUT2D eigenvalue weighted by molar-refractivity contribution is -0.122. The number of nitrogens with zero attached hydrogens (tertiary/aromatic N) is 1. The Morgan fingerprint density at radius 3 is 2.89 bits per heavy atom. The maximum absolute atomic E-state index is 11.7. The number of nitrogens with two attached hydrogens (primary N) is 1. The van der Waals surface area contributed by atoms with E-state index < -0.39 is 0 Å². The highest BCUT2D eigenvalue weighted by Crippen LogP contribution is 2.14. The zero-order valence-corrected chi connectivity index (χ0v) is 12.0. The number of rotatable bonds is 8. The number of carbonyl (C=O) groups excluding carboxylic acids is 1. The molecule has 0 radical (unpaired) electrons. The van der Waals surface area contributed by atoms with Gasteiger partial charge in [-0.25, -0.2) is 4.98 Å². The average molecular weight is 269 g/mol. The van der Waals surface area contributed by atoms with Gasteiger partial charge >= 0.3 is 0 Å². The molecule has 0 aliphatic carbocycles. The van der Waals surface area contributed by atoms with Crippen LogP contribution in [0, 0.1) is 11.8 Å². The first-order valence-corrected chi connectivity index (χ1v) is 7.35. The normalized spacial score (nSPS) is 12.7. The van der Waals surface area contributed by atoms with E-state index in [1.807, 2.05) is 5.38 Å². The molecule has 1 heterocycles. The van der Waals surface area contributed by atoms with Gasteiger partial charge in [-0.05, 0) is 24.8 Å². The van der Waals surface area contributed by atoms with Crippen molar-refractivity contribution in [1.29, 1.82) is 0 Å². The summed E-state index contributed by atoms with van der Waals surface area (Å²) in [5.74, 6) is 0.981. The molecule has 3 N–H and O–H groups in total. The number of aromatic nitrogens is 1. The van der Waals surface area contributed by atoms with Crippen molar-refractivity contribution in [3.8, 4) is 0 Å². The molecule has 1 atom stereocenters. The Hall–Kier alpha value is -0.940. The smallest absolute Gasteiger partial charge is 0.220 e. The number of amides is 1. The average Bonchev–Trinajstić information content (AvgIpc) is 2.80. The van der Waals surface area contributed by atoms with Crippen LogP contribution < -0.4 is 11.1 Å². The van der Waals surface area contributed by atoms with Gasteiger partial charge in [0.05, 0.1) is 5.01 Å². The maximum atomic E-state index is 11.7. The van der Waals surface area contributed by atoms with Crippen LogP contribution in [0.4, 0.5) is 0 Å². The lowest BCUT2D eigenvalue weighted by atomic mass is 9.94. The molecular weight excluding hydrogens is 246 g/mol. The van der Waals surface area contributed by atoms with Crippen LogP contribution in [0.1, 0.15) is 31.7 Å². The van der Waals surface area contributed by atoms with Gasteiger partial charge in [-0.15, -0.1) is 11.3 Å². The second kappa shape index (κ2) is 8.21. The van der Waals surface area contributed by atoms with Crippen LogP contribution in [0.25, 0.3) is 0 Å². The van der Waals surface area contributed by atoms with E-state index in [4.69, 9.17) is 5.73 Å². The van der Waals surface area contributed by atoms with Crippen LogP contribution in [0.2, 0.25) is 0 Å². The van der Waals surface area contributed by atoms with E-state index in [9.17, 15) is 4.79 Å². The van der Waals surface area contributed by atoms with E-state index in [-0.39, 0.29) is 5.91 Å². The lowest BCUT2D eigenvalue weighted by Gasteiger charge is -2.16. The molecule has 4 nitrogen and oxygen atoms in total. The third kappa shape index (κ3) is 6.12. The minimum atomic E-state index is 0.0997. The van der Waals surface area contributed by atoms with Gasteiger partial charge in [0.25, 0.3) is 0 Å². The van der Waals surface area contributed by atoms with Gasteiger partial charge in [0, 0.05) is 31.0 Å². The van der Waals surface area contributed by atoms with Gasteiger partial charge in [0.2, 0.25) is 5.91 Å². The van der Waals surface area contributed by atoms with Gasteiger partial charge in [-0.2, -0.15) is 0 Å². The zero-order valence-electron chi connectivity index (χ0n) is 11.2. The quantitative estimate of drug-likeness (QED) is 0.756. The summed E-state index contributed by atoms with van der Waals surface area (Å²) >= 11 is 1.62. The molecule has 0 bridgehead atoms. The molecule has 0 aliphatic heterocycles. The lowest BCUT2D eigenvalue weighted by Crippen LogP contribution is -2.30. The molecule has 0 spiro atoms. The second-order valence-corrected chi connectivity index (χ2v) is 5.94.